The first-order chi connectivity index (χ1) is 8.19. The minimum absolute atomic E-state index is 0.0196. The lowest BCUT2D eigenvalue weighted by atomic mass is 10.3. The number of anilines is 1. The standard InChI is InChI=1S/C11H9FN2O3/c1-16-10-6-9(17-14-10)11(15)13-8-4-2-7(12)3-5-8/h2-6H,1H3,(H,13,15). The highest BCUT2D eigenvalue weighted by Crippen LogP contribution is 2.14. The Morgan fingerprint density at radius 3 is 2.71 bits per heavy atom. The van der Waals surface area contributed by atoms with Crippen LogP contribution in [0.3, 0.4) is 0 Å². The monoisotopic (exact) mass is 236 g/mol. The molecule has 2 rings (SSSR count). The summed E-state index contributed by atoms with van der Waals surface area (Å²) >= 11 is 0. The fraction of sp³-hybridized carbons (Fsp3) is 0.0909. The Labute approximate surface area is 96.2 Å². The number of amides is 1. The molecular formula is C11H9FN2O3. The summed E-state index contributed by atoms with van der Waals surface area (Å²) in [5.74, 6) is -0.614. The van der Waals surface area contributed by atoms with Gasteiger partial charge in [0.15, 0.2) is 0 Å². The van der Waals surface area contributed by atoms with Crippen molar-refractivity contribution in [1.29, 1.82) is 0 Å². The van der Waals surface area contributed by atoms with Crippen molar-refractivity contribution in [1.82, 2.24) is 5.16 Å². The molecule has 1 amide bonds. The van der Waals surface area contributed by atoms with E-state index in [-0.39, 0.29) is 17.5 Å². The summed E-state index contributed by atoms with van der Waals surface area (Å²) in [7, 11) is 1.42. The van der Waals surface area contributed by atoms with Gasteiger partial charge in [0.1, 0.15) is 5.82 Å². The fourth-order valence-corrected chi connectivity index (χ4v) is 1.19. The van der Waals surface area contributed by atoms with Gasteiger partial charge in [-0.2, -0.15) is 0 Å². The van der Waals surface area contributed by atoms with Gasteiger partial charge in [0.2, 0.25) is 5.76 Å². The van der Waals surface area contributed by atoms with E-state index in [9.17, 15) is 9.18 Å². The molecule has 0 bridgehead atoms. The van der Waals surface area contributed by atoms with Crippen LogP contribution in [0.5, 0.6) is 5.88 Å². The van der Waals surface area contributed by atoms with Gasteiger partial charge in [0.05, 0.1) is 13.2 Å². The van der Waals surface area contributed by atoms with Gasteiger partial charge < -0.3 is 14.6 Å². The summed E-state index contributed by atoms with van der Waals surface area (Å²) in [6.45, 7) is 0. The van der Waals surface area contributed by atoms with E-state index < -0.39 is 5.91 Å². The molecule has 0 saturated heterocycles. The molecule has 5 nitrogen and oxygen atoms in total. The molecule has 0 unspecified atom stereocenters. The highest BCUT2D eigenvalue weighted by atomic mass is 19.1. The van der Waals surface area contributed by atoms with E-state index in [1.807, 2.05) is 0 Å². The molecule has 1 aromatic heterocycles. The third kappa shape index (κ3) is 2.60. The van der Waals surface area contributed by atoms with E-state index in [0.29, 0.717) is 5.69 Å². The van der Waals surface area contributed by atoms with E-state index in [0.717, 1.165) is 0 Å². The van der Waals surface area contributed by atoms with Crippen molar-refractivity contribution < 1.29 is 18.4 Å². The van der Waals surface area contributed by atoms with Gasteiger partial charge in [-0.3, -0.25) is 4.79 Å². The van der Waals surface area contributed by atoms with Crippen LogP contribution in [0.1, 0.15) is 10.6 Å². The second-order valence-electron chi connectivity index (χ2n) is 3.19. The van der Waals surface area contributed by atoms with Crippen molar-refractivity contribution in [3.63, 3.8) is 0 Å². The van der Waals surface area contributed by atoms with Crippen molar-refractivity contribution in [3.05, 3.63) is 41.9 Å². The Morgan fingerprint density at radius 2 is 2.12 bits per heavy atom. The zero-order valence-corrected chi connectivity index (χ0v) is 8.94. The van der Waals surface area contributed by atoms with Gasteiger partial charge in [0, 0.05) is 5.69 Å². The van der Waals surface area contributed by atoms with Crippen LogP contribution in [0.15, 0.2) is 34.9 Å². The van der Waals surface area contributed by atoms with Gasteiger partial charge in [0.25, 0.3) is 11.8 Å². The van der Waals surface area contributed by atoms with E-state index in [2.05, 4.69) is 10.5 Å². The lowest BCUT2D eigenvalue weighted by Crippen LogP contribution is -2.10. The lowest BCUT2D eigenvalue weighted by Gasteiger charge is -2.01. The third-order valence-corrected chi connectivity index (χ3v) is 2.02. The van der Waals surface area contributed by atoms with Crippen LogP contribution in [-0.2, 0) is 0 Å². The molecule has 0 aliphatic heterocycles. The Kier molecular flexibility index (Phi) is 3.04. The van der Waals surface area contributed by atoms with Crippen molar-refractivity contribution >= 4 is 11.6 Å². The number of methoxy groups -OCH3 is 1. The predicted molar refractivity (Wildman–Crippen MR) is 57.4 cm³/mol. The number of halogens is 1. The van der Waals surface area contributed by atoms with E-state index in [1.54, 1.807) is 0 Å². The third-order valence-electron chi connectivity index (χ3n) is 2.02. The number of ether oxygens (including phenoxy) is 1. The largest absolute Gasteiger partial charge is 0.479 e. The molecule has 0 aliphatic rings. The maximum absolute atomic E-state index is 12.6. The molecule has 0 radical (unpaired) electrons. The first kappa shape index (κ1) is 11.1. The molecule has 1 heterocycles. The minimum atomic E-state index is -0.479. The molecular weight excluding hydrogens is 227 g/mol. The van der Waals surface area contributed by atoms with Crippen LogP contribution >= 0.6 is 0 Å². The molecule has 88 valence electrons. The summed E-state index contributed by atoms with van der Waals surface area (Å²) in [5.41, 5.74) is 0.465. The minimum Gasteiger partial charge on any atom is -0.479 e. The predicted octanol–water partition coefficient (Wildman–Crippen LogP) is 2.07. The molecule has 2 aromatic rings. The summed E-state index contributed by atoms with van der Waals surface area (Å²) in [4.78, 5) is 11.6. The molecule has 1 N–H and O–H groups in total. The number of rotatable bonds is 3. The van der Waals surface area contributed by atoms with E-state index >= 15 is 0 Å². The van der Waals surface area contributed by atoms with Gasteiger partial charge in [-0.25, -0.2) is 4.39 Å². The Hall–Kier alpha value is -2.37. The number of nitrogens with one attached hydrogen (secondary N) is 1. The van der Waals surface area contributed by atoms with E-state index in [1.165, 1.54) is 37.4 Å². The fourth-order valence-electron chi connectivity index (χ4n) is 1.19. The van der Waals surface area contributed by atoms with Crippen LogP contribution in [0.25, 0.3) is 0 Å². The van der Waals surface area contributed by atoms with Crippen LogP contribution < -0.4 is 10.1 Å². The number of benzene rings is 1. The highest BCUT2D eigenvalue weighted by molar-refractivity contribution is 6.02. The molecule has 17 heavy (non-hydrogen) atoms. The van der Waals surface area contributed by atoms with Crippen LogP contribution in [0, 0.1) is 5.82 Å². The van der Waals surface area contributed by atoms with Crippen molar-refractivity contribution in [2.45, 2.75) is 0 Å². The van der Waals surface area contributed by atoms with Crippen molar-refractivity contribution in [2.24, 2.45) is 0 Å². The smallest absolute Gasteiger partial charge is 0.294 e. The first-order valence-corrected chi connectivity index (χ1v) is 4.76. The zero-order valence-electron chi connectivity index (χ0n) is 8.94. The Bertz CT molecular complexity index is 522. The molecule has 0 spiro atoms. The maximum atomic E-state index is 12.6. The topological polar surface area (TPSA) is 64.4 Å². The molecule has 0 saturated carbocycles. The van der Waals surface area contributed by atoms with Crippen molar-refractivity contribution in [3.8, 4) is 5.88 Å². The maximum Gasteiger partial charge on any atom is 0.294 e. The molecule has 0 fully saturated rings. The number of carbonyl (C=O) groups excluding carboxylic acids is 1. The average molecular weight is 236 g/mol. The quantitative estimate of drug-likeness (QED) is 0.886. The van der Waals surface area contributed by atoms with Gasteiger partial charge in [-0.15, -0.1) is 0 Å². The normalized spacial score (nSPS) is 10.0. The summed E-state index contributed by atoms with van der Waals surface area (Å²) < 4.78 is 22.2. The van der Waals surface area contributed by atoms with Gasteiger partial charge >= 0.3 is 0 Å². The zero-order chi connectivity index (χ0) is 12.3. The Morgan fingerprint density at radius 1 is 1.41 bits per heavy atom. The average Bonchev–Trinajstić information content (AvgIpc) is 2.81. The number of carbonyl (C=O) groups is 1. The molecule has 1 aromatic carbocycles. The molecule has 6 heteroatoms. The van der Waals surface area contributed by atoms with Crippen LogP contribution in [0.2, 0.25) is 0 Å². The van der Waals surface area contributed by atoms with E-state index in [4.69, 9.17) is 9.26 Å². The number of hydrogen-bond acceptors (Lipinski definition) is 4. The lowest BCUT2D eigenvalue weighted by molar-refractivity contribution is 0.0987. The Balaban J connectivity index is 2.08. The SMILES string of the molecule is COc1cc(C(=O)Nc2ccc(F)cc2)on1. The van der Waals surface area contributed by atoms with Gasteiger partial charge in [-0.05, 0) is 29.4 Å². The molecule has 0 atom stereocenters. The second kappa shape index (κ2) is 4.65. The number of nitrogens with zero attached hydrogens (tertiary/aromatic N) is 1. The highest BCUT2D eigenvalue weighted by Gasteiger charge is 2.13. The number of aromatic nitrogens is 1. The molecule has 0 aliphatic carbocycles. The second-order valence-corrected chi connectivity index (χ2v) is 3.19. The first-order valence-electron chi connectivity index (χ1n) is 4.76. The van der Waals surface area contributed by atoms with Gasteiger partial charge in [-0.1, -0.05) is 0 Å². The number of hydrogen-bond donors (Lipinski definition) is 1. The summed E-state index contributed by atoms with van der Waals surface area (Å²) in [6, 6.07) is 6.74. The van der Waals surface area contributed by atoms with Crippen LogP contribution in [-0.4, -0.2) is 18.2 Å². The van der Waals surface area contributed by atoms with Crippen LogP contribution in [0.4, 0.5) is 10.1 Å². The van der Waals surface area contributed by atoms with Crippen molar-refractivity contribution in [2.75, 3.05) is 12.4 Å². The summed E-state index contributed by atoms with van der Waals surface area (Å²) in [6.07, 6.45) is 0. The summed E-state index contributed by atoms with van der Waals surface area (Å²) in [5, 5.41) is 6.02.